The van der Waals surface area contributed by atoms with Gasteiger partial charge in [-0.05, 0) is 39.0 Å². The van der Waals surface area contributed by atoms with Crippen molar-refractivity contribution < 1.29 is 0 Å². The molecule has 1 rings (SSSR count). The van der Waals surface area contributed by atoms with Crippen molar-refractivity contribution in [3.8, 4) is 0 Å². The smallest absolute Gasteiger partial charge is 0.0396 e. The Morgan fingerprint density at radius 3 is 1.87 bits per heavy atom. The molecule has 0 bridgehead atoms. The van der Waals surface area contributed by atoms with Crippen LogP contribution < -0.4 is 0 Å². The molecule has 1 nitrogen and oxygen atoms in total. The molecule has 0 N–H and O–H groups in total. The molecule has 1 heterocycles. The zero-order valence-corrected chi connectivity index (χ0v) is 12.0. The molecule has 0 fully saturated rings. The van der Waals surface area contributed by atoms with E-state index < -0.39 is 0 Å². The first kappa shape index (κ1) is 15.1. The maximum absolute atomic E-state index is 2.43. The zero-order valence-electron chi connectivity index (χ0n) is 12.0. The molecule has 0 saturated heterocycles. The van der Waals surface area contributed by atoms with E-state index in [9.17, 15) is 0 Å². The van der Waals surface area contributed by atoms with Crippen LogP contribution in [0.4, 0.5) is 0 Å². The third-order valence-electron chi connectivity index (χ3n) is 5.22. The molecule has 0 saturated carbocycles. The Morgan fingerprint density at radius 1 is 1.07 bits per heavy atom. The number of hydrogen-bond acceptors (Lipinski definition) is 1. The molecule has 0 aromatic carbocycles. The largest absolute Gasteiger partial charge is 0.372 e. The van der Waals surface area contributed by atoms with Gasteiger partial charge in [0.2, 0.25) is 0 Å². The molecular weight excluding hydrogens is 177 g/mol. The Balaban J connectivity index is 0.00000196. The van der Waals surface area contributed by atoms with Crippen LogP contribution in [0.1, 0.15) is 48.5 Å². The Morgan fingerprint density at radius 2 is 1.47 bits per heavy atom. The number of hydrogen-bond donors (Lipinski definition) is 0. The fourth-order valence-electron chi connectivity index (χ4n) is 2.50. The van der Waals surface area contributed by atoms with Crippen molar-refractivity contribution in [2.75, 3.05) is 7.05 Å². The van der Waals surface area contributed by atoms with Crippen molar-refractivity contribution >= 4 is 18.9 Å². The van der Waals surface area contributed by atoms with Crippen LogP contribution in [0, 0.1) is 11.3 Å². The van der Waals surface area contributed by atoms with Crippen molar-refractivity contribution in [3.63, 3.8) is 0 Å². The van der Waals surface area contributed by atoms with Crippen LogP contribution in [0.15, 0.2) is 11.3 Å². The first-order valence-corrected chi connectivity index (χ1v) is 5.55. The van der Waals surface area contributed by atoms with Crippen molar-refractivity contribution in [1.29, 1.82) is 0 Å². The molecule has 15 heavy (non-hydrogen) atoms. The molecule has 83 valence electrons. The monoisotopic (exact) mass is 202 g/mol. The van der Waals surface area contributed by atoms with Gasteiger partial charge in [0.25, 0.3) is 0 Å². The van der Waals surface area contributed by atoms with E-state index in [2.05, 4.69) is 60.4 Å². The molecule has 0 amide bonds. The SMILES string of the molecule is CC1=C(C)N(C)C(C)(C)C(C)(C)C1C.[Li]. The maximum Gasteiger partial charge on any atom is 0.0396 e. The van der Waals surface area contributed by atoms with Crippen LogP contribution in [0.2, 0.25) is 0 Å². The molecule has 1 unspecified atom stereocenters. The summed E-state index contributed by atoms with van der Waals surface area (Å²) in [6.45, 7) is 16.3. The summed E-state index contributed by atoms with van der Waals surface area (Å²) < 4.78 is 0. The van der Waals surface area contributed by atoms with Gasteiger partial charge in [-0.25, -0.2) is 0 Å². The van der Waals surface area contributed by atoms with Gasteiger partial charge in [-0.1, -0.05) is 26.3 Å². The molecule has 1 aliphatic heterocycles. The second kappa shape index (κ2) is 4.19. The number of nitrogens with zero attached hydrogens (tertiary/aromatic N) is 1. The first-order valence-electron chi connectivity index (χ1n) is 5.55. The van der Waals surface area contributed by atoms with Gasteiger partial charge in [-0.3, -0.25) is 0 Å². The van der Waals surface area contributed by atoms with Crippen LogP contribution in [-0.2, 0) is 0 Å². The van der Waals surface area contributed by atoms with Gasteiger partial charge < -0.3 is 4.90 Å². The summed E-state index contributed by atoms with van der Waals surface area (Å²) in [6, 6.07) is 0. The Kier molecular flexibility index (Phi) is 4.23. The Labute approximate surface area is 107 Å². The van der Waals surface area contributed by atoms with Crippen LogP contribution in [0.5, 0.6) is 0 Å². The standard InChI is InChI=1S/C13H25N.Li/c1-9-10(2)12(4,5)13(6,7)14(8)11(9)3;/h10H,1-8H3;. The Hall–Kier alpha value is 0.137. The molecule has 0 aromatic heterocycles. The average Bonchev–Trinajstić information content (AvgIpc) is 2.10. The molecule has 2 heteroatoms. The van der Waals surface area contributed by atoms with Crippen LogP contribution >= 0.6 is 0 Å². The van der Waals surface area contributed by atoms with Crippen LogP contribution in [0.25, 0.3) is 0 Å². The van der Waals surface area contributed by atoms with E-state index in [1.54, 1.807) is 0 Å². The number of allylic oxidation sites excluding steroid dienone is 2. The summed E-state index contributed by atoms with van der Waals surface area (Å²) in [5, 5.41) is 0. The van der Waals surface area contributed by atoms with E-state index >= 15 is 0 Å². The van der Waals surface area contributed by atoms with Crippen LogP contribution in [0.3, 0.4) is 0 Å². The van der Waals surface area contributed by atoms with Gasteiger partial charge in [0, 0.05) is 37.1 Å². The fourth-order valence-corrected chi connectivity index (χ4v) is 2.50. The molecule has 1 atom stereocenters. The van der Waals surface area contributed by atoms with Gasteiger partial charge in [0.05, 0.1) is 0 Å². The minimum Gasteiger partial charge on any atom is -0.372 e. The van der Waals surface area contributed by atoms with Gasteiger partial charge in [0.15, 0.2) is 0 Å². The maximum atomic E-state index is 2.43. The summed E-state index contributed by atoms with van der Waals surface area (Å²) in [4.78, 5) is 2.43. The number of rotatable bonds is 0. The third-order valence-corrected chi connectivity index (χ3v) is 5.22. The summed E-state index contributed by atoms with van der Waals surface area (Å²) in [6.07, 6.45) is 0. The normalized spacial score (nSPS) is 28.8. The summed E-state index contributed by atoms with van der Waals surface area (Å²) >= 11 is 0. The predicted octanol–water partition coefficient (Wildman–Crippen LogP) is 3.29. The second-order valence-corrected chi connectivity index (χ2v) is 5.83. The molecule has 1 aliphatic rings. The third kappa shape index (κ3) is 1.90. The quantitative estimate of drug-likeness (QED) is 0.545. The van der Waals surface area contributed by atoms with Crippen LogP contribution in [-0.4, -0.2) is 36.3 Å². The topological polar surface area (TPSA) is 3.24 Å². The molecule has 0 aromatic rings. The van der Waals surface area contributed by atoms with Crippen molar-refractivity contribution in [3.05, 3.63) is 11.3 Å². The molecule has 1 radical (unpaired) electrons. The van der Waals surface area contributed by atoms with E-state index in [1.807, 2.05) is 0 Å². The predicted molar refractivity (Wildman–Crippen MR) is 68.9 cm³/mol. The van der Waals surface area contributed by atoms with Gasteiger partial charge in [-0.15, -0.1) is 0 Å². The van der Waals surface area contributed by atoms with Crippen molar-refractivity contribution in [2.24, 2.45) is 11.3 Å². The second-order valence-electron chi connectivity index (χ2n) is 5.83. The first-order chi connectivity index (χ1) is 6.14. The molecule has 0 aliphatic carbocycles. The summed E-state index contributed by atoms with van der Waals surface area (Å²) in [7, 11) is 2.21. The van der Waals surface area contributed by atoms with Gasteiger partial charge in [-0.2, -0.15) is 0 Å². The van der Waals surface area contributed by atoms with Gasteiger partial charge >= 0.3 is 0 Å². The summed E-state index contributed by atoms with van der Waals surface area (Å²) in [5.41, 5.74) is 3.54. The summed E-state index contributed by atoms with van der Waals surface area (Å²) in [5.74, 6) is 0.661. The minimum atomic E-state index is 0. The Bertz CT molecular complexity index is 248. The van der Waals surface area contributed by atoms with E-state index in [0.29, 0.717) is 11.3 Å². The zero-order chi connectivity index (χ0) is 11.3. The minimum absolute atomic E-state index is 0. The molecule has 0 spiro atoms. The van der Waals surface area contributed by atoms with E-state index in [4.69, 9.17) is 0 Å². The van der Waals surface area contributed by atoms with Crippen molar-refractivity contribution in [1.82, 2.24) is 4.90 Å². The average molecular weight is 202 g/mol. The van der Waals surface area contributed by atoms with Crippen molar-refractivity contribution in [2.45, 2.75) is 54.0 Å². The van der Waals surface area contributed by atoms with E-state index in [0.717, 1.165) is 0 Å². The van der Waals surface area contributed by atoms with E-state index in [-0.39, 0.29) is 24.4 Å². The van der Waals surface area contributed by atoms with E-state index in [1.165, 1.54) is 11.3 Å². The van der Waals surface area contributed by atoms with Gasteiger partial charge in [0.1, 0.15) is 0 Å². The molecular formula is C13H25LiN. The fraction of sp³-hybridized carbons (Fsp3) is 0.846.